The Balaban J connectivity index is 2.43. The Bertz CT molecular complexity index is 548. The molecule has 0 aliphatic heterocycles. The first-order valence-electron chi connectivity index (χ1n) is 6.96. The van der Waals surface area contributed by atoms with Crippen LogP contribution in [0.25, 0.3) is 10.2 Å². The molecule has 19 heavy (non-hydrogen) atoms. The highest BCUT2D eigenvalue weighted by atomic mass is 32.1. The highest BCUT2D eigenvalue weighted by molar-refractivity contribution is 7.22. The molecule has 2 rings (SSSR count). The minimum Gasteiger partial charge on any atom is -0.493 e. The van der Waals surface area contributed by atoms with E-state index >= 15 is 0 Å². The van der Waals surface area contributed by atoms with Crippen LogP contribution in [-0.2, 0) is 0 Å². The molecule has 0 aliphatic rings. The zero-order valence-corrected chi connectivity index (χ0v) is 12.9. The number of thiazole rings is 1. The van der Waals surface area contributed by atoms with E-state index in [2.05, 4.69) is 50.1 Å². The van der Waals surface area contributed by atoms with Crippen molar-refractivity contribution in [3.8, 4) is 5.75 Å². The second kappa shape index (κ2) is 6.24. The molecule has 0 unspecified atom stereocenters. The summed E-state index contributed by atoms with van der Waals surface area (Å²) in [6.07, 6.45) is 1.03. The van der Waals surface area contributed by atoms with Gasteiger partial charge in [0.25, 0.3) is 0 Å². The summed E-state index contributed by atoms with van der Waals surface area (Å²) in [6.45, 7) is 10.3. The van der Waals surface area contributed by atoms with Gasteiger partial charge in [0.15, 0.2) is 5.13 Å². The van der Waals surface area contributed by atoms with E-state index in [0.29, 0.717) is 5.92 Å². The van der Waals surface area contributed by atoms with Crippen molar-refractivity contribution in [2.24, 2.45) is 0 Å². The van der Waals surface area contributed by atoms with Gasteiger partial charge in [0.05, 0.1) is 16.8 Å². The molecule has 2 aromatic rings. The van der Waals surface area contributed by atoms with Crippen LogP contribution in [0, 0.1) is 0 Å². The first-order valence-corrected chi connectivity index (χ1v) is 7.78. The maximum Gasteiger partial charge on any atom is 0.183 e. The van der Waals surface area contributed by atoms with Gasteiger partial charge < -0.3 is 10.1 Å². The molecule has 1 N–H and O–H groups in total. The van der Waals surface area contributed by atoms with Gasteiger partial charge in [-0.15, -0.1) is 0 Å². The molecule has 0 saturated carbocycles. The lowest BCUT2D eigenvalue weighted by Crippen LogP contribution is -2.00. The van der Waals surface area contributed by atoms with Gasteiger partial charge in [-0.1, -0.05) is 32.1 Å². The minimum atomic E-state index is 0.445. The molecular formula is C15H22N2OS. The predicted molar refractivity (Wildman–Crippen MR) is 83.7 cm³/mol. The van der Waals surface area contributed by atoms with Crippen molar-refractivity contribution < 1.29 is 4.74 Å². The average Bonchev–Trinajstić information content (AvgIpc) is 2.76. The third-order valence-corrected chi connectivity index (χ3v) is 3.91. The number of hydrogen-bond acceptors (Lipinski definition) is 4. The molecule has 1 aromatic heterocycles. The van der Waals surface area contributed by atoms with Crippen LogP contribution in [0.5, 0.6) is 5.75 Å². The Morgan fingerprint density at radius 1 is 1.32 bits per heavy atom. The van der Waals surface area contributed by atoms with Crippen molar-refractivity contribution in [3.05, 3.63) is 17.7 Å². The lowest BCUT2D eigenvalue weighted by Gasteiger charge is -2.13. The minimum absolute atomic E-state index is 0.445. The van der Waals surface area contributed by atoms with Crippen molar-refractivity contribution in [1.82, 2.24) is 4.98 Å². The van der Waals surface area contributed by atoms with Crippen LogP contribution in [0.15, 0.2) is 12.1 Å². The molecule has 104 valence electrons. The van der Waals surface area contributed by atoms with Crippen LogP contribution >= 0.6 is 11.3 Å². The Morgan fingerprint density at radius 3 is 2.74 bits per heavy atom. The molecule has 0 saturated heterocycles. The van der Waals surface area contributed by atoms with Crippen molar-refractivity contribution in [3.63, 3.8) is 0 Å². The topological polar surface area (TPSA) is 34.1 Å². The lowest BCUT2D eigenvalue weighted by atomic mass is 10.0. The van der Waals surface area contributed by atoms with Gasteiger partial charge in [0, 0.05) is 6.54 Å². The standard InChI is InChI=1S/C15H22N2OS/c1-5-7-18-13-9-14-12(8-11(13)10(3)4)17-15(19-14)16-6-2/h8-10H,5-7H2,1-4H3,(H,16,17). The fraction of sp³-hybridized carbons (Fsp3) is 0.533. The van der Waals surface area contributed by atoms with Gasteiger partial charge in [-0.25, -0.2) is 4.98 Å². The number of benzene rings is 1. The first-order chi connectivity index (χ1) is 9.15. The molecule has 3 nitrogen and oxygen atoms in total. The van der Waals surface area contributed by atoms with Crippen molar-refractivity contribution in [1.29, 1.82) is 0 Å². The molecule has 0 aliphatic carbocycles. The molecule has 0 spiro atoms. The lowest BCUT2D eigenvalue weighted by molar-refractivity contribution is 0.313. The summed E-state index contributed by atoms with van der Waals surface area (Å²) >= 11 is 1.69. The molecule has 0 radical (unpaired) electrons. The average molecular weight is 278 g/mol. The highest BCUT2D eigenvalue weighted by Crippen LogP contribution is 2.35. The van der Waals surface area contributed by atoms with Gasteiger partial charge in [0.1, 0.15) is 5.75 Å². The van der Waals surface area contributed by atoms with Crippen molar-refractivity contribution >= 4 is 26.7 Å². The molecule has 0 atom stereocenters. The Morgan fingerprint density at radius 2 is 2.11 bits per heavy atom. The van der Waals surface area contributed by atoms with E-state index in [9.17, 15) is 0 Å². The number of fused-ring (bicyclic) bond motifs is 1. The van der Waals surface area contributed by atoms with E-state index in [-0.39, 0.29) is 0 Å². The number of nitrogens with one attached hydrogen (secondary N) is 1. The zero-order chi connectivity index (χ0) is 13.8. The maximum absolute atomic E-state index is 5.88. The van der Waals surface area contributed by atoms with Crippen LogP contribution < -0.4 is 10.1 Å². The van der Waals surface area contributed by atoms with E-state index in [0.717, 1.165) is 36.0 Å². The molecular weight excluding hydrogens is 256 g/mol. The van der Waals surface area contributed by atoms with E-state index in [1.807, 2.05) is 0 Å². The van der Waals surface area contributed by atoms with Gasteiger partial charge in [-0.3, -0.25) is 0 Å². The smallest absolute Gasteiger partial charge is 0.183 e. The van der Waals surface area contributed by atoms with Crippen LogP contribution in [-0.4, -0.2) is 18.1 Å². The Hall–Kier alpha value is -1.29. The maximum atomic E-state index is 5.88. The summed E-state index contributed by atoms with van der Waals surface area (Å²) < 4.78 is 7.07. The van der Waals surface area contributed by atoms with Gasteiger partial charge in [-0.05, 0) is 37.0 Å². The SMILES string of the molecule is CCCOc1cc2sc(NCC)nc2cc1C(C)C. The summed E-state index contributed by atoms with van der Waals surface area (Å²) in [4.78, 5) is 4.62. The van der Waals surface area contributed by atoms with E-state index < -0.39 is 0 Å². The highest BCUT2D eigenvalue weighted by Gasteiger charge is 2.12. The summed E-state index contributed by atoms with van der Waals surface area (Å²) in [6, 6.07) is 4.31. The molecule has 0 bridgehead atoms. The van der Waals surface area contributed by atoms with Crippen LogP contribution in [0.1, 0.15) is 45.6 Å². The summed E-state index contributed by atoms with van der Waals surface area (Å²) in [7, 11) is 0. The Kier molecular flexibility index (Phi) is 4.64. The van der Waals surface area contributed by atoms with Crippen LogP contribution in [0.3, 0.4) is 0 Å². The molecule has 0 fully saturated rings. The monoisotopic (exact) mass is 278 g/mol. The number of hydrogen-bond donors (Lipinski definition) is 1. The summed E-state index contributed by atoms with van der Waals surface area (Å²) in [5.41, 5.74) is 2.31. The summed E-state index contributed by atoms with van der Waals surface area (Å²) in [5, 5.41) is 4.26. The van der Waals surface area contributed by atoms with Crippen LogP contribution in [0.4, 0.5) is 5.13 Å². The fourth-order valence-electron chi connectivity index (χ4n) is 1.99. The van der Waals surface area contributed by atoms with E-state index in [4.69, 9.17) is 4.74 Å². The van der Waals surface area contributed by atoms with Crippen molar-refractivity contribution in [2.45, 2.75) is 40.0 Å². The zero-order valence-electron chi connectivity index (χ0n) is 12.1. The van der Waals surface area contributed by atoms with Gasteiger partial charge in [0.2, 0.25) is 0 Å². The van der Waals surface area contributed by atoms with Crippen molar-refractivity contribution in [2.75, 3.05) is 18.5 Å². The third-order valence-electron chi connectivity index (χ3n) is 2.93. The molecule has 0 amide bonds. The normalized spacial score (nSPS) is 11.2. The molecule has 4 heteroatoms. The quantitative estimate of drug-likeness (QED) is 0.835. The summed E-state index contributed by atoms with van der Waals surface area (Å²) in [5.74, 6) is 1.46. The molecule has 1 aromatic carbocycles. The van der Waals surface area contributed by atoms with E-state index in [1.165, 1.54) is 10.3 Å². The third kappa shape index (κ3) is 3.18. The number of ether oxygens (including phenoxy) is 1. The van der Waals surface area contributed by atoms with Gasteiger partial charge >= 0.3 is 0 Å². The first kappa shape index (κ1) is 14.1. The number of rotatable bonds is 6. The Labute approximate surface area is 119 Å². The fourth-order valence-corrected chi connectivity index (χ4v) is 2.93. The largest absolute Gasteiger partial charge is 0.493 e. The molecule has 1 heterocycles. The van der Waals surface area contributed by atoms with Gasteiger partial charge in [-0.2, -0.15) is 0 Å². The number of anilines is 1. The van der Waals surface area contributed by atoms with Crippen LogP contribution in [0.2, 0.25) is 0 Å². The second-order valence-corrected chi connectivity index (χ2v) is 5.94. The van der Waals surface area contributed by atoms with E-state index in [1.54, 1.807) is 11.3 Å². The number of aromatic nitrogens is 1. The predicted octanol–water partition coefficient (Wildman–Crippen LogP) is 4.64. The number of nitrogens with zero attached hydrogens (tertiary/aromatic N) is 1. The second-order valence-electron chi connectivity index (χ2n) is 4.91.